The standard InChI is InChI=1S/C10H12F2N2O2/c1-6(5-15)13-10(16)14-9-3-2-7(11)4-8(9)12/h2-4,6,15H,5H2,1H3,(H2,13,14,16)/t6-/m0/s1. The molecule has 0 saturated carbocycles. The molecule has 1 aromatic rings. The highest BCUT2D eigenvalue weighted by atomic mass is 19.1. The van der Waals surface area contributed by atoms with Gasteiger partial charge in [-0.1, -0.05) is 0 Å². The van der Waals surface area contributed by atoms with Crippen LogP contribution in [0.2, 0.25) is 0 Å². The number of urea groups is 1. The summed E-state index contributed by atoms with van der Waals surface area (Å²) >= 11 is 0. The first-order chi connectivity index (χ1) is 7.52. The van der Waals surface area contributed by atoms with E-state index < -0.39 is 23.7 Å². The predicted molar refractivity (Wildman–Crippen MR) is 55.1 cm³/mol. The van der Waals surface area contributed by atoms with Crippen molar-refractivity contribution in [2.24, 2.45) is 0 Å². The summed E-state index contributed by atoms with van der Waals surface area (Å²) in [6, 6.07) is 1.73. The van der Waals surface area contributed by atoms with Gasteiger partial charge in [0.15, 0.2) is 0 Å². The number of anilines is 1. The summed E-state index contributed by atoms with van der Waals surface area (Å²) < 4.78 is 25.6. The van der Waals surface area contributed by atoms with E-state index in [4.69, 9.17) is 5.11 Å². The molecule has 4 nitrogen and oxygen atoms in total. The molecule has 0 unspecified atom stereocenters. The fourth-order valence-electron chi connectivity index (χ4n) is 1.02. The topological polar surface area (TPSA) is 61.4 Å². The second-order valence-corrected chi connectivity index (χ2v) is 3.31. The van der Waals surface area contributed by atoms with Crippen LogP contribution in [-0.4, -0.2) is 23.8 Å². The highest BCUT2D eigenvalue weighted by Crippen LogP contribution is 2.14. The highest BCUT2D eigenvalue weighted by Gasteiger charge is 2.09. The van der Waals surface area contributed by atoms with Crippen LogP contribution in [0.3, 0.4) is 0 Å². The maximum absolute atomic E-state index is 13.1. The third kappa shape index (κ3) is 3.47. The first-order valence-electron chi connectivity index (χ1n) is 4.66. The number of hydrogen-bond acceptors (Lipinski definition) is 2. The zero-order valence-electron chi connectivity index (χ0n) is 8.63. The smallest absolute Gasteiger partial charge is 0.319 e. The quantitative estimate of drug-likeness (QED) is 0.736. The Morgan fingerprint density at radius 1 is 1.50 bits per heavy atom. The van der Waals surface area contributed by atoms with Crippen LogP contribution in [0.15, 0.2) is 18.2 Å². The number of carbonyl (C=O) groups is 1. The molecule has 3 N–H and O–H groups in total. The summed E-state index contributed by atoms with van der Waals surface area (Å²) in [4.78, 5) is 11.2. The molecule has 0 bridgehead atoms. The highest BCUT2D eigenvalue weighted by molar-refractivity contribution is 5.89. The number of aliphatic hydroxyl groups excluding tert-OH is 1. The fourth-order valence-corrected chi connectivity index (χ4v) is 1.02. The Kier molecular flexibility index (Phi) is 4.19. The molecule has 0 radical (unpaired) electrons. The van der Waals surface area contributed by atoms with Gasteiger partial charge in [0.05, 0.1) is 18.3 Å². The minimum Gasteiger partial charge on any atom is -0.394 e. The summed E-state index contributed by atoms with van der Waals surface area (Å²) in [5.41, 5.74) is -0.121. The van der Waals surface area contributed by atoms with Gasteiger partial charge in [0.2, 0.25) is 0 Å². The molecule has 0 aliphatic carbocycles. The second kappa shape index (κ2) is 5.41. The van der Waals surface area contributed by atoms with E-state index in [0.29, 0.717) is 6.07 Å². The average molecular weight is 230 g/mol. The molecule has 0 saturated heterocycles. The lowest BCUT2D eigenvalue weighted by atomic mass is 10.3. The molecular weight excluding hydrogens is 218 g/mol. The van der Waals surface area contributed by atoms with Crippen LogP contribution in [-0.2, 0) is 0 Å². The van der Waals surface area contributed by atoms with Crippen molar-refractivity contribution in [3.8, 4) is 0 Å². The Morgan fingerprint density at radius 2 is 2.19 bits per heavy atom. The average Bonchev–Trinajstić information content (AvgIpc) is 2.22. The Labute approximate surface area is 91.3 Å². The van der Waals surface area contributed by atoms with Crippen LogP contribution >= 0.6 is 0 Å². The number of amides is 2. The summed E-state index contributed by atoms with van der Waals surface area (Å²) in [5, 5.41) is 13.2. The van der Waals surface area contributed by atoms with Crippen LogP contribution in [0.5, 0.6) is 0 Å². The van der Waals surface area contributed by atoms with Crippen molar-refractivity contribution < 1.29 is 18.7 Å². The van der Waals surface area contributed by atoms with Gasteiger partial charge in [-0.3, -0.25) is 0 Å². The fraction of sp³-hybridized carbons (Fsp3) is 0.300. The number of nitrogens with one attached hydrogen (secondary N) is 2. The van der Waals surface area contributed by atoms with Crippen molar-refractivity contribution in [3.63, 3.8) is 0 Å². The van der Waals surface area contributed by atoms with Gasteiger partial charge in [-0.15, -0.1) is 0 Å². The van der Waals surface area contributed by atoms with Crippen molar-refractivity contribution in [2.75, 3.05) is 11.9 Å². The van der Waals surface area contributed by atoms with Crippen LogP contribution in [0, 0.1) is 11.6 Å². The lowest BCUT2D eigenvalue weighted by Gasteiger charge is -2.12. The lowest BCUT2D eigenvalue weighted by molar-refractivity contribution is 0.229. The van der Waals surface area contributed by atoms with Gasteiger partial charge in [0, 0.05) is 6.07 Å². The maximum Gasteiger partial charge on any atom is 0.319 e. The summed E-state index contributed by atoms with van der Waals surface area (Å²) in [6.45, 7) is 1.36. The van der Waals surface area contributed by atoms with E-state index >= 15 is 0 Å². The van der Waals surface area contributed by atoms with E-state index in [2.05, 4.69) is 10.6 Å². The molecule has 0 aliphatic rings. The third-order valence-electron chi connectivity index (χ3n) is 1.83. The molecule has 1 rings (SSSR count). The molecule has 1 atom stereocenters. The summed E-state index contributed by atoms with van der Waals surface area (Å²) in [5.74, 6) is -1.57. The van der Waals surface area contributed by atoms with Crippen molar-refractivity contribution in [2.45, 2.75) is 13.0 Å². The Balaban J connectivity index is 2.63. The van der Waals surface area contributed by atoms with Gasteiger partial charge in [-0.25, -0.2) is 13.6 Å². The number of benzene rings is 1. The molecule has 16 heavy (non-hydrogen) atoms. The largest absolute Gasteiger partial charge is 0.394 e. The van der Waals surface area contributed by atoms with Gasteiger partial charge >= 0.3 is 6.03 Å². The molecule has 0 fully saturated rings. The SMILES string of the molecule is C[C@@H](CO)NC(=O)Nc1ccc(F)cc1F. The van der Waals surface area contributed by atoms with Gasteiger partial charge < -0.3 is 15.7 Å². The van der Waals surface area contributed by atoms with Gasteiger partial charge in [0.1, 0.15) is 11.6 Å². The second-order valence-electron chi connectivity index (χ2n) is 3.31. The molecule has 88 valence electrons. The molecular formula is C10H12F2N2O2. The molecule has 1 aromatic carbocycles. The maximum atomic E-state index is 13.1. The molecule has 0 aliphatic heterocycles. The molecule has 0 spiro atoms. The molecule has 6 heteroatoms. The van der Waals surface area contributed by atoms with Crippen molar-refractivity contribution in [1.29, 1.82) is 0 Å². The number of carbonyl (C=O) groups excluding carboxylic acids is 1. The van der Waals surface area contributed by atoms with Crippen LogP contribution < -0.4 is 10.6 Å². The third-order valence-corrected chi connectivity index (χ3v) is 1.83. The van der Waals surface area contributed by atoms with Crippen molar-refractivity contribution in [1.82, 2.24) is 5.32 Å². The van der Waals surface area contributed by atoms with Crippen LogP contribution in [0.25, 0.3) is 0 Å². The first kappa shape index (κ1) is 12.4. The molecule has 0 aromatic heterocycles. The van der Waals surface area contributed by atoms with E-state index in [1.165, 1.54) is 0 Å². The van der Waals surface area contributed by atoms with E-state index in [1.807, 2.05) is 0 Å². The van der Waals surface area contributed by atoms with Gasteiger partial charge in [0.25, 0.3) is 0 Å². The molecule has 2 amide bonds. The number of hydrogen-bond donors (Lipinski definition) is 3. The summed E-state index contributed by atoms with van der Waals surface area (Å²) in [6.07, 6.45) is 0. The van der Waals surface area contributed by atoms with Crippen LogP contribution in [0.1, 0.15) is 6.92 Å². The lowest BCUT2D eigenvalue weighted by Crippen LogP contribution is -2.38. The predicted octanol–water partition coefficient (Wildman–Crippen LogP) is 1.47. The Hall–Kier alpha value is -1.69. The zero-order chi connectivity index (χ0) is 12.1. The van der Waals surface area contributed by atoms with E-state index in [9.17, 15) is 13.6 Å². The summed E-state index contributed by atoms with van der Waals surface area (Å²) in [7, 11) is 0. The Morgan fingerprint density at radius 3 is 2.75 bits per heavy atom. The number of halogens is 2. The van der Waals surface area contributed by atoms with E-state index in [0.717, 1.165) is 12.1 Å². The normalized spacial score (nSPS) is 12.0. The van der Waals surface area contributed by atoms with E-state index in [-0.39, 0.29) is 12.3 Å². The number of rotatable bonds is 3. The van der Waals surface area contributed by atoms with Crippen LogP contribution in [0.4, 0.5) is 19.3 Å². The van der Waals surface area contributed by atoms with Gasteiger partial charge in [-0.2, -0.15) is 0 Å². The zero-order valence-corrected chi connectivity index (χ0v) is 8.63. The molecule has 0 heterocycles. The monoisotopic (exact) mass is 230 g/mol. The minimum atomic E-state index is -0.855. The Bertz CT molecular complexity index is 385. The van der Waals surface area contributed by atoms with Crippen molar-refractivity contribution in [3.05, 3.63) is 29.8 Å². The number of aliphatic hydroxyl groups is 1. The van der Waals surface area contributed by atoms with Crippen molar-refractivity contribution >= 4 is 11.7 Å². The van der Waals surface area contributed by atoms with E-state index in [1.54, 1.807) is 6.92 Å². The first-order valence-corrected chi connectivity index (χ1v) is 4.66. The minimum absolute atomic E-state index is 0.121. The van der Waals surface area contributed by atoms with Gasteiger partial charge in [-0.05, 0) is 19.1 Å².